The first-order valence-electron chi connectivity index (χ1n) is 8.59. The predicted octanol–water partition coefficient (Wildman–Crippen LogP) is 3.39. The van der Waals surface area contributed by atoms with Crippen LogP contribution in [0.3, 0.4) is 0 Å². The van der Waals surface area contributed by atoms with Gasteiger partial charge in [-0.05, 0) is 41.5 Å². The van der Waals surface area contributed by atoms with Gasteiger partial charge in [0.05, 0.1) is 5.92 Å². The van der Waals surface area contributed by atoms with Crippen LogP contribution in [-0.4, -0.2) is 23.5 Å². The Hall–Kier alpha value is -2.36. The number of carbonyl (C=O) groups excluding carboxylic acids is 1. The van der Waals surface area contributed by atoms with E-state index in [-0.39, 0.29) is 12.5 Å². The highest BCUT2D eigenvalue weighted by Crippen LogP contribution is 2.29. The summed E-state index contributed by atoms with van der Waals surface area (Å²) in [5.41, 5.74) is 1.01. The lowest BCUT2D eigenvalue weighted by atomic mass is 9.83. The van der Waals surface area contributed by atoms with Gasteiger partial charge in [-0.2, -0.15) is 0 Å². The standard InChI is InChI=1S/C20H23NO3/c22-19(11-14-5-3-6-14)21-13-17(20(23)24)12-16-9-4-8-15-7-1-2-10-18(15)16/h1-2,4,7-10,14,17H,3,5-6,11-13H2,(H,21,22)(H,23,24). The van der Waals surface area contributed by atoms with Crippen molar-refractivity contribution in [3.8, 4) is 0 Å². The summed E-state index contributed by atoms with van der Waals surface area (Å²) < 4.78 is 0. The summed E-state index contributed by atoms with van der Waals surface area (Å²) >= 11 is 0. The Balaban J connectivity index is 1.64. The lowest BCUT2D eigenvalue weighted by Crippen LogP contribution is -2.35. The maximum atomic E-state index is 11.9. The maximum Gasteiger partial charge on any atom is 0.308 e. The van der Waals surface area contributed by atoms with Crippen LogP contribution in [-0.2, 0) is 16.0 Å². The zero-order valence-electron chi connectivity index (χ0n) is 13.7. The Labute approximate surface area is 141 Å². The fourth-order valence-electron chi connectivity index (χ4n) is 3.25. The van der Waals surface area contributed by atoms with Crippen LogP contribution in [0.25, 0.3) is 10.8 Å². The largest absolute Gasteiger partial charge is 0.481 e. The summed E-state index contributed by atoms with van der Waals surface area (Å²) in [6, 6.07) is 13.9. The predicted molar refractivity (Wildman–Crippen MR) is 93.7 cm³/mol. The highest BCUT2D eigenvalue weighted by atomic mass is 16.4. The van der Waals surface area contributed by atoms with Crippen molar-refractivity contribution >= 4 is 22.6 Å². The fourth-order valence-corrected chi connectivity index (χ4v) is 3.25. The van der Waals surface area contributed by atoms with E-state index in [2.05, 4.69) is 5.32 Å². The van der Waals surface area contributed by atoms with Gasteiger partial charge in [-0.1, -0.05) is 48.9 Å². The molecule has 4 heteroatoms. The van der Waals surface area contributed by atoms with Crippen LogP contribution in [0.5, 0.6) is 0 Å². The molecule has 0 bridgehead atoms. The third-order valence-corrected chi connectivity index (χ3v) is 4.94. The van der Waals surface area contributed by atoms with Gasteiger partial charge in [-0.15, -0.1) is 0 Å². The third kappa shape index (κ3) is 3.94. The molecule has 0 radical (unpaired) electrons. The number of benzene rings is 2. The number of amides is 1. The molecule has 2 N–H and O–H groups in total. The van der Waals surface area contributed by atoms with Crippen molar-refractivity contribution < 1.29 is 14.7 Å². The summed E-state index contributed by atoms with van der Waals surface area (Å²) in [7, 11) is 0. The van der Waals surface area contributed by atoms with E-state index in [0.29, 0.717) is 18.8 Å². The van der Waals surface area contributed by atoms with Crippen molar-refractivity contribution in [2.75, 3.05) is 6.54 Å². The molecular formula is C20H23NO3. The molecule has 0 spiro atoms. The topological polar surface area (TPSA) is 66.4 Å². The summed E-state index contributed by atoms with van der Waals surface area (Å²) in [5.74, 6) is -1.01. The minimum atomic E-state index is -0.869. The summed E-state index contributed by atoms with van der Waals surface area (Å²) in [4.78, 5) is 23.5. The van der Waals surface area contributed by atoms with Gasteiger partial charge < -0.3 is 10.4 Å². The van der Waals surface area contributed by atoms with Gasteiger partial charge in [0.1, 0.15) is 0 Å². The van der Waals surface area contributed by atoms with Gasteiger partial charge in [-0.25, -0.2) is 0 Å². The third-order valence-electron chi connectivity index (χ3n) is 4.94. The molecule has 0 saturated heterocycles. The number of hydrogen-bond donors (Lipinski definition) is 2. The Kier molecular flexibility index (Phi) is 5.14. The van der Waals surface area contributed by atoms with Crippen molar-refractivity contribution in [2.45, 2.75) is 32.1 Å². The monoisotopic (exact) mass is 325 g/mol. The van der Waals surface area contributed by atoms with E-state index in [1.165, 1.54) is 6.42 Å². The van der Waals surface area contributed by atoms with Crippen molar-refractivity contribution in [1.82, 2.24) is 5.32 Å². The molecule has 4 nitrogen and oxygen atoms in total. The number of aliphatic carboxylic acids is 1. The van der Waals surface area contributed by atoms with Crippen molar-refractivity contribution in [3.63, 3.8) is 0 Å². The molecule has 126 valence electrons. The lowest BCUT2D eigenvalue weighted by Gasteiger charge is -2.24. The molecule has 2 aromatic rings. The smallest absolute Gasteiger partial charge is 0.308 e. The summed E-state index contributed by atoms with van der Waals surface area (Å²) in [5, 5.41) is 14.5. The van der Waals surface area contributed by atoms with Gasteiger partial charge in [0.2, 0.25) is 5.91 Å². The molecule has 1 fully saturated rings. The molecule has 1 unspecified atom stereocenters. The van der Waals surface area contributed by atoms with Crippen molar-refractivity contribution in [1.29, 1.82) is 0 Å². The molecule has 1 atom stereocenters. The highest BCUT2D eigenvalue weighted by Gasteiger charge is 2.23. The van der Waals surface area contributed by atoms with E-state index in [4.69, 9.17) is 0 Å². The average Bonchev–Trinajstić information content (AvgIpc) is 2.54. The number of hydrogen-bond acceptors (Lipinski definition) is 2. The molecular weight excluding hydrogens is 302 g/mol. The molecule has 1 aliphatic carbocycles. The first-order chi connectivity index (χ1) is 11.6. The number of carbonyl (C=O) groups is 2. The van der Waals surface area contributed by atoms with Crippen molar-refractivity contribution in [3.05, 3.63) is 48.0 Å². The van der Waals surface area contributed by atoms with Crippen LogP contribution in [0.2, 0.25) is 0 Å². The molecule has 24 heavy (non-hydrogen) atoms. The lowest BCUT2D eigenvalue weighted by molar-refractivity contribution is -0.141. The zero-order valence-corrected chi connectivity index (χ0v) is 13.7. The summed E-state index contributed by atoms with van der Waals surface area (Å²) in [6.07, 6.45) is 4.38. The Morgan fingerprint density at radius 1 is 1.12 bits per heavy atom. The minimum Gasteiger partial charge on any atom is -0.481 e. The van der Waals surface area contributed by atoms with Crippen LogP contribution in [0.1, 0.15) is 31.2 Å². The van der Waals surface area contributed by atoms with Gasteiger partial charge in [0.15, 0.2) is 0 Å². The average molecular weight is 325 g/mol. The van der Waals surface area contributed by atoms with Crippen molar-refractivity contribution in [2.24, 2.45) is 11.8 Å². The quantitative estimate of drug-likeness (QED) is 0.820. The second-order valence-electron chi connectivity index (χ2n) is 6.68. The maximum absolute atomic E-state index is 11.9. The van der Waals surface area contributed by atoms with Crippen LogP contribution in [0.4, 0.5) is 0 Å². The minimum absolute atomic E-state index is 0.0242. The first kappa shape index (κ1) is 16.5. The normalized spacial score (nSPS) is 15.7. The molecule has 0 heterocycles. The van der Waals surface area contributed by atoms with Gasteiger partial charge in [-0.3, -0.25) is 9.59 Å². The van der Waals surface area contributed by atoms with Crippen LogP contribution in [0.15, 0.2) is 42.5 Å². The molecule has 3 rings (SSSR count). The SMILES string of the molecule is O=C(CC1CCC1)NCC(Cc1cccc2ccccc12)C(=O)O. The van der Waals surface area contributed by atoms with E-state index in [1.54, 1.807) is 0 Å². The van der Waals surface area contributed by atoms with Crippen LogP contribution in [0, 0.1) is 11.8 Å². The van der Waals surface area contributed by atoms with Gasteiger partial charge in [0, 0.05) is 13.0 Å². The Bertz CT molecular complexity index is 731. The van der Waals surface area contributed by atoms with Crippen LogP contribution >= 0.6 is 0 Å². The highest BCUT2D eigenvalue weighted by molar-refractivity contribution is 5.86. The fraction of sp³-hybridized carbons (Fsp3) is 0.400. The number of nitrogens with one attached hydrogen (secondary N) is 1. The number of fused-ring (bicyclic) bond motifs is 1. The Morgan fingerprint density at radius 2 is 1.88 bits per heavy atom. The van der Waals surface area contributed by atoms with E-state index >= 15 is 0 Å². The molecule has 0 aromatic heterocycles. The van der Waals surface area contributed by atoms with E-state index in [9.17, 15) is 14.7 Å². The second-order valence-corrected chi connectivity index (χ2v) is 6.68. The first-order valence-corrected chi connectivity index (χ1v) is 8.59. The number of rotatable bonds is 7. The molecule has 1 amide bonds. The van der Waals surface area contributed by atoms with Crippen LogP contribution < -0.4 is 5.32 Å². The summed E-state index contributed by atoms with van der Waals surface area (Å²) in [6.45, 7) is 0.185. The van der Waals surface area contributed by atoms with Gasteiger partial charge in [0.25, 0.3) is 0 Å². The zero-order chi connectivity index (χ0) is 16.9. The van der Waals surface area contributed by atoms with E-state index < -0.39 is 11.9 Å². The second kappa shape index (κ2) is 7.47. The molecule has 0 aliphatic heterocycles. The molecule has 1 aliphatic rings. The van der Waals surface area contributed by atoms with Gasteiger partial charge >= 0.3 is 5.97 Å². The Morgan fingerprint density at radius 3 is 2.58 bits per heavy atom. The number of carboxylic acids is 1. The number of carboxylic acid groups (broad SMARTS) is 1. The van der Waals surface area contributed by atoms with E-state index in [0.717, 1.165) is 29.2 Å². The molecule has 1 saturated carbocycles. The van der Waals surface area contributed by atoms with E-state index in [1.807, 2.05) is 42.5 Å². The molecule has 2 aromatic carbocycles.